The van der Waals surface area contributed by atoms with Gasteiger partial charge in [-0.2, -0.15) is 0 Å². The number of hydrogen-bond acceptors (Lipinski definition) is 3. The third-order valence-corrected chi connectivity index (χ3v) is 5.24. The fourth-order valence-electron chi connectivity index (χ4n) is 3.75. The zero-order valence-electron chi connectivity index (χ0n) is 16.4. The molecule has 1 aliphatic rings. The van der Waals surface area contributed by atoms with E-state index in [2.05, 4.69) is 20.6 Å². The van der Waals surface area contributed by atoms with Gasteiger partial charge in [0.15, 0.2) is 0 Å². The summed E-state index contributed by atoms with van der Waals surface area (Å²) in [5.74, 6) is -0.105. The molecule has 3 N–H and O–H groups in total. The van der Waals surface area contributed by atoms with Crippen LogP contribution in [0.2, 0.25) is 0 Å². The van der Waals surface area contributed by atoms with Gasteiger partial charge in [0.2, 0.25) is 0 Å². The van der Waals surface area contributed by atoms with Gasteiger partial charge in [-0.15, -0.1) is 0 Å². The second kappa shape index (κ2) is 7.37. The monoisotopic (exact) mass is 392 g/mol. The molecule has 2 heterocycles. The van der Waals surface area contributed by atoms with Crippen molar-refractivity contribution in [3.8, 4) is 11.3 Å². The average molecular weight is 392 g/mol. The van der Waals surface area contributed by atoms with Crippen molar-refractivity contribution in [2.24, 2.45) is 0 Å². The zero-order chi connectivity index (χ0) is 20.5. The number of para-hydroxylation sites is 1. The van der Waals surface area contributed by atoms with Gasteiger partial charge in [0.25, 0.3) is 5.91 Å². The number of anilines is 2. The van der Waals surface area contributed by atoms with Crippen LogP contribution in [-0.4, -0.2) is 15.9 Å². The van der Waals surface area contributed by atoms with Crippen LogP contribution in [0.1, 0.15) is 16.8 Å². The Morgan fingerprint density at radius 3 is 2.37 bits per heavy atom. The smallest absolute Gasteiger partial charge is 0.258 e. The number of nitrogens with one attached hydrogen (secondary N) is 3. The molecule has 0 bridgehead atoms. The highest BCUT2D eigenvalue weighted by atomic mass is 16.2. The van der Waals surface area contributed by atoms with Gasteiger partial charge in [0, 0.05) is 28.2 Å². The van der Waals surface area contributed by atoms with E-state index in [1.54, 1.807) is 6.33 Å². The number of H-pyrrole nitrogens is 1. The molecule has 30 heavy (non-hydrogen) atoms. The maximum atomic E-state index is 12.9. The van der Waals surface area contributed by atoms with Gasteiger partial charge in [-0.25, -0.2) is 4.98 Å². The summed E-state index contributed by atoms with van der Waals surface area (Å²) in [6.45, 7) is 2.00. The van der Waals surface area contributed by atoms with Gasteiger partial charge < -0.3 is 15.6 Å². The summed E-state index contributed by atoms with van der Waals surface area (Å²) >= 11 is 0. The number of rotatable bonds is 4. The fraction of sp³-hybridized carbons (Fsp3) is 0.0400. The quantitative estimate of drug-likeness (QED) is 0.412. The standard InChI is InChI=1S/C25H20N4O/c1-16-23(27-15-26-16)18-11-13-19(14-12-18)28-24(17-7-3-2-4-8-17)22-20-9-5-6-10-21(20)29-25(22)30/h2-15,28H,1H3,(H,26,27)(H,29,30)/b24-22-. The molecule has 146 valence electrons. The second-order valence-electron chi connectivity index (χ2n) is 7.19. The Bertz CT molecular complexity index is 1250. The number of carbonyl (C=O) groups is 1. The number of hydrogen-bond donors (Lipinski definition) is 3. The molecule has 0 atom stereocenters. The first-order valence-electron chi connectivity index (χ1n) is 9.78. The second-order valence-corrected chi connectivity index (χ2v) is 7.19. The summed E-state index contributed by atoms with van der Waals surface area (Å²) in [6.07, 6.45) is 1.70. The van der Waals surface area contributed by atoms with Crippen molar-refractivity contribution >= 4 is 28.6 Å². The van der Waals surface area contributed by atoms with Gasteiger partial charge in [-0.05, 0) is 30.7 Å². The lowest BCUT2D eigenvalue weighted by molar-refractivity contribution is -0.110. The van der Waals surface area contributed by atoms with E-state index < -0.39 is 0 Å². The summed E-state index contributed by atoms with van der Waals surface area (Å²) in [4.78, 5) is 20.4. The molecule has 0 unspecified atom stereocenters. The highest BCUT2D eigenvalue weighted by molar-refractivity contribution is 6.37. The molecule has 5 rings (SSSR count). The van der Waals surface area contributed by atoms with Crippen molar-refractivity contribution in [2.45, 2.75) is 6.92 Å². The van der Waals surface area contributed by atoms with Crippen molar-refractivity contribution in [3.63, 3.8) is 0 Å². The van der Waals surface area contributed by atoms with Crippen LogP contribution < -0.4 is 10.6 Å². The van der Waals surface area contributed by atoms with E-state index in [1.165, 1.54) is 0 Å². The Balaban J connectivity index is 1.58. The highest BCUT2D eigenvalue weighted by Gasteiger charge is 2.28. The molecule has 5 nitrogen and oxygen atoms in total. The van der Waals surface area contributed by atoms with Crippen LogP contribution in [0.25, 0.3) is 22.5 Å². The van der Waals surface area contributed by atoms with Crippen LogP contribution in [0.5, 0.6) is 0 Å². The molecule has 1 aliphatic heterocycles. The number of fused-ring (bicyclic) bond motifs is 1. The Kier molecular flexibility index (Phi) is 4.41. The Morgan fingerprint density at radius 1 is 0.900 bits per heavy atom. The van der Waals surface area contributed by atoms with E-state index in [0.29, 0.717) is 5.57 Å². The molecule has 0 fully saturated rings. The van der Waals surface area contributed by atoms with Gasteiger partial charge in [-0.3, -0.25) is 4.79 Å². The van der Waals surface area contributed by atoms with E-state index in [1.807, 2.05) is 85.8 Å². The average Bonchev–Trinajstić information content (AvgIpc) is 3.35. The molecule has 0 aliphatic carbocycles. The summed E-state index contributed by atoms with van der Waals surface area (Å²) in [7, 11) is 0. The van der Waals surface area contributed by atoms with Crippen LogP contribution in [0.4, 0.5) is 11.4 Å². The normalized spacial score (nSPS) is 14.2. The number of amides is 1. The summed E-state index contributed by atoms with van der Waals surface area (Å²) in [5, 5.41) is 6.46. The maximum absolute atomic E-state index is 12.9. The molecular formula is C25H20N4O. The first-order valence-corrected chi connectivity index (χ1v) is 9.78. The van der Waals surface area contributed by atoms with Crippen LogP contribution in [-0.2, 0) is 4.79 Å². The topological polar surface area (TPSA) is 69.8 Å². The van der Waals surface area contributed by atoms with E-state index in [4.69, 9.17) is 0 Å². The predicted molar refractivity (Wildman–Crippen MR) is 121 cm³/mol. The predicted octanol–water partition coefficient (Wildman–Crippen LogP) is 5.32. The van der Waals surface area contributed by atoms with Crippen LogP contribution in [0.3, 0.4) is 0 Å². The van der Waals surface area contributed by atoms with Gasteiger partial charge in [-0.1, -0.05) is 60.7 Å². The van der Waals surface area contributed by atoms with Gasteiger partial charge >= 0.3 is 0 Å². The van der Waals surface area contributed by atoms with Gasteiger partial charge in [0.1, 0.15) is 0 Å². The molecule has 5 heteroatoms. The number of aryl methyl sites for hydroxylation is 1. The summed E-state index contributed by atoms with van der Waals surface area (Å²) in [6, 6.07) is 25.8. The lowest BCUT2D eigenvalue weighted by atomic mass is 10.00. The number of aromatic nitrogens is 2. The number of carbonyl (C=O) groups excluding carboxylic acids is 1. The molecule has 1 aromatic heterocycles. The first kappa shape index (κ1) is 17.9. The minimum absolute atomic E-state index is 0.105. The lowest BCUT2D eigenvalue weighted by Gasteiger charge is -2.15. The third-order valence-electron chi connectivity index (χ3n) is 5.24. The molecule has 0 radical (unpaired) electrons. The van der Waals surface area contributed by atoms with E-state index in [-0.39, 0.29) is 5.91 Å². The fourth-order valence-corrected chi connectivity index (χ4v) is 3.75. The van der Waals surface area contributed by atoms with Crippen molar-refractivity contribution in [3.05, 3.63) is 102 Å². The molecular weight excluding hydrogens is 372 g/mol. The van der Waals surface area contributed by atoms with Crippen LogP contribution in [0.15, 0.2) is 85.2 Å². The number of aromatic amines is 1. The number of imidazole rings is 1. The number of nitrogens with zero attached hydrogens (tertiary/aromatic N) is 1. The molecule has 0 spiro atoms. The van der Waals surface area contributed by atoms with Crippen molar-refractivity contribution in [1.82, 2.24) is 9.97 Å². The van der Waals surface area contributed by atoms with Crippen molar-refractivity contribution in [2.75, 3.05) is 10.6 Å². The minimum Gasteiger partial charge on any atom is -0.354 e. The molecule has 3 aromatic carbocycles. The van der Waals surface area contributed by atoms with Crippen molar-refractivity contribution < 1.29 is 4.79 Å². The van der Waals surface area contributed by atoms with Crippen LogP contribution in [0, 0.1) is 6.92 Å². The highest BCUT2D eigenvalue weighted by Crippen LogP contribution is 2.37. The van der Waals surface area contributed by atoms with E-state index in [0.717, 1.165) is 45.2 Å². The largest absolute Gasteiger partial charge is 0.354 e. The minimum atomic E-state index is -0.105. The Hall–Kier alpha value is -4.12. The Morgan fingerprint density at radius 2 is 1.63 bits per heavy atom. The zero-order valence-corrected chi connectivity index (χ0v) is 16.4. The molecule has 1 amide bonds. The third kappa shape index (κ3) is 3.16. The molecule has 0 saturated heterocycles. The maximum Gasteiger partial charge on any atom is 0.258 e. The van der Waals surface area contributed by atoms with Gasteiger partial charge in [0.05, 0.1) is 23.3 Å². The lowest BCUT2D eigenvalue weighted by Crippen LogP contribution is -2.10. The Labute approximate surface area is 174 Å². The molecule has 4 aromatic rings. The SMILES string of the molecule is Cc1[nH]cnc1-c1ccc(N/C(=C2\C(=O)Nc3ccccc32)c2ccccc2)cc1. The first-order chi connectivity index (χ1) is 14.7. The molecule has 0 saturated carbocycles. The summed E-state index contributed by atoms with van der Waals surface area (Å²) < 4.78 is 0. The van der Waals surface area contributed by atoms with Crippen molar-refractivity contribution in [1.29, 1.82) is 0 Å². The van der Waals surface area contributed by atoms with E-state index >= 15 is 0 Å². The van der Waals surface area contributed by atoms with E-state index in [9.17, 15) is 4.79 Å². The number of benzene rings is 3. The van der Waals surface area contributed by atoms with Crippen LogP contribution >= 0.6 is 0 Å². The summed E-state index contributed by atoms with van der Waals surface area (Å²) in [5.41, 5.74) is 8.01.